The van der Waals surface area contributed by atoms with E-state index in [4.69, 9.17) is 0 Å². The third-order valence-corrected chi connectivity index (χ3v) is 5.83. The van der Waals surface area contributed by atoms with Gasteiger partial charge in [-0.1, -0.05) is 29.5 Å². The summed E-state index contributed by atoms with van der Waals surface area (Å²) in [6, 6.07) is 10.5. The second kappa shape index (κ2) is 10.8. The van der Waals surface area contributed by atoms with Gasteiger partial charge >= 0.3 is 5.69 Å². The van der Waals surface area contributed by atoms with Crippen molar-refractivity contribution in [3.05, 3.63) is 69.5 Å². The summed E-state index contributed by atoms with van der Waals surface area (Å²) in [5.74, 6) is -0.571. The number of nitrogens with zero attached hydrogens (tertiary/aromatic N) is 4. The van der Waals surface area contributed by atoms with E-state index < -0.39 is 28.3 Å². The zero-order chi connectivity index (χ0) is 24.8. The third-order valence-electron chi connectivity index (χ3n) is 4.87. The Kier molecular flexibility index (Phi) is 7.84. The van der Waals surface area contributed by atoms with E-state index in [1.54, 1.807) is 12.1 Å². The van der Waals surface area contributed by atoms with Gasteiger partial charge in [0.1, 0.15) is 0 Å². The number of phenolic OH excluding ortho intramolecular Hbond substituents is 1. The highest BCUT2D eigenvalue weighted by molar-refractivity contribution is 7.99. The van der Waals surface area contributed by atoms with Crippen molar-refractivity contribution in [2.75, 3.05) is 11.1 Å². The molecule has 0 aliphatic rings. The SMILES string of the molecule is CCn1c(SCC(=O)Nc2ccc(O)c([N+](=O)[O-])c2)nnc1[C@H](C)NC(=O)c1cccc(C)c1. The molecule has 3 aromatic rings. The molecule has 1 aromatic heterocycles. The molecule has 178 valence electrons. The molecule has 0 unspecified atom stereocenters. The summed E-state index contributed by atoms with van der Waals surface area (Å²) < 4.78 is 1.81. The van der Waals surface area contributed by atoms with Gasteiger partial charge in [0.15, 0.2) is 16.7 Å². The zero-order valence-corrected chi connectivity index (χ0v) is 19.6. The van der Waals surface area contributed by atoms with Crippen molar-refractivity contribution in [2.24, 2.45) is 0 Å². The molecule has 0 saturated carbocycles. The average Bonchev–Trinajstić information content (AvgIpc) is 3.22. The fraction of sp³-hybridized carbons (Fsp3) is 0.273. The van der Waals surface area contributed by atoms with Gasteiger partial charge in [0.2, 0.25) is 5.91 Å². The van der Waals surface area contributed by atoms with Crippen molar-refractivity contribution in [3.8, 4) is 5.75 Å². The molecule has 0 bridgehead atoms. The van der Waals surface area contributed by atoms with Crippen LogP contribution in [0.3, 0.4) is 0 Å². The number of nitro groups is 1. The lowest BCUT2D eigenvalue weighted by molar-refractivity contribution is -0.385. The maximum Gasteiger partial charge on any atom is 0.312 e. The van der Waals surface area contributed by atoms with Crippen molar-refractivity contribution in [2.45, 2.75) is 38.5 Å². The van der Waals surface area contributed by atoms with Crippen LogP contribution in [0.5, 0.6) is 5.75 Å². The Bertz CT molecular complexity index is 1230. The summed E-state index contributed by atoms with van der Waals surface area (Å²) in [5.41, 5.74) is 1.23. The number of carbonyl (C=O) groups is 2. The predicted molar refractivity (Wildman–Crippen MR) is 127 cm³/mol. The smallest absolute Gasteiger partial charge is 0.312 e. The average molecular weight is 485 g/mol. The van der Waals surface area contributed by atoms with Gasteiger partial charge in [0, 0.05) is 23.9 Å². The molecule has 0 aliphatic carbocycles. The normalized spacial score (nSPS) is 11.6. The Morgan fingerprint density at radius 1 is 1.24 bits per heavy atom. The number of hydrogen-bond acceptors (Lipinski definition) is 8. The Morgan fingerprint density at radius 2 is 2.00 bits per heavy atom. The number of thioether (sulfide) groups is 1. The first-order valence-corrected chi connectivity index (χ1v) is 11.4. The molecule has 0 saturated heterocycles. The first-order valence-electron chi connectivity index (χ1n) is 10.4. The number of benzene rings is 2. The van der Waals surface area contributed by atoms with Gasteiger partial charge in [0.25, 0.3) is 5.91 Å². The van der Waals surface area contributed by atoms with Gasteiger partial charge in [-0.05, 0) is 45.0 Å². The number of aromatic nitrogens is 3. The first kappa shape index (κ1) is 24.7. The van der Waals surface area contributed by atoms with Crippen LogP contribution >= 0.6 is 11.8 Å². The summed E-state index contributed by atoms with van der Waals surface area (Å²) >= 11 is 1.15. The van der Waals surface area contributed by atoms with Crippen LogP contribution in [-0.2, 0) is 11.3 Å². The van der Waals surface area contributed by atoms with Gasteiger partial charge < -0.3 is 20.3 Å². The number of hydrogen-bond donors (Lipinski definition) is 3. The van der Waals surface area contributed by atoms with Crippen LogP contribution < -0.4 is 10.6 Å². The number of aryl methyl sites for hydroxylation is 1. The van der Waals surface area contributed by atoms with Crippen LogP contribution in [0, 0.1) is 17.0 Å². The quantitative estimate of drug-likeness (QED) is 0.181. The second-order valence-electron chi connectivity index (χ2n) is 7.45. The number of carbonyl (C=O) groups excluding carboxylic acids is 2. The van der Waals surface area contributed by atoms with E-state index >= 15 is 0 Å². The molecule has 0 aliphatic heterocycles. The maximum absolute atomic E-state index is 12.6. The van der Waals surface area contributed by atoms with Gasteiger partial charge in [-0.25, -0.2) is 0 Å². The summed E-state index contributed by atoms with van der Waals surface area (Å²) in [5, 5.41) is 34.8. The summed E-state index contributed by atoms with van der Waals surface area (Å²) in [6.45, 7) is 6.15. The van der Waals surface area contributed by atoms with Gasteiger partial charge in [-0.2, -0.15) is 0 Å². The van der Waals surface area contributed by atoms with Gasteiger partial charge in [-0.15, -0.1) is 10.2 Å². The lowest BCUT2D eigenvalue weighted by atomic mass is 10.1. The van der Waals surface area contributed by atoms with Crippen LogP contribution in [0.1, 0.15) is 41.6 Å². The number of aromatic hydroxyl groups is 1. The molecule has 3 N–H and O–H groups in total. The van der Waals surface area contributed by atoms with E-state index in [1.807, 2.05) is 37.5 Å². The lowest BCUT2D eigenvalue weighted by Gasteiger charge is -2.15. The largest absolute Gasteiger partial charge is 0.502 e. The Balaban J connectivity index is 1.63. The van der Waals surface area contributed by atoms with E-state index in [9.17, 15) is 24.8 Å². The topological polar surface area (TPSA) is 152 Å². The van der Waals surface area contributed by atoms with E-state index in [0.717, 1.165) is 29.5 Å². The van der Waals surface area contributed by atoms with E-state index in [-0.39, 0.29) is 17.3 Å². The molecule has 1 heterocycles. The molecule has 3 rings (SSSR count). The highest BCUT2D eigenvalue weighted by atomic mass is 32.2. The second-order valence-corrected chi connectivity index (χ2v) is 8.39. The lowest BCUT2D eigenvalue weighted by Crippen LogP contribution is -2.28. The number of nitrogens with one attached hydrogen (secondary N) is 2. The molecule has 12 heteroatoms. The molecule has 2 amide bonds. The molecular weight excluding hydrogens is 460 g/mol. The Morgan fingerprint density at radius 3 is 2.68 bits per heavy atom. The van der Waals surface area contributed by atoms with Crippen molar-refractivity contribution in [3.63, 3.8) is 0 Å². The number of nitro benzene ring substituents is 1. The minimum Gasteiger partial charge on any atom is -0.502 e. The molecule has 0 fully saturated rings. The fourth-order valence-electron chi connectivity index (χ4n) is 3.23. The van der Waals surface area contributed by atoms with Crippen molar-refractivity contribution in [1.82, 2.24) is 20.1 Å². The van der Waals surface area contributed by atoms with Crippen molar-refractivity contribution in [1.29, 1.82) is 0 Å². The fourth-order valence-corrected chi connectivity index (χ4v) is 4.04. The van der Waals surface area contributed by atoms with Crippen LogP contribution in [-0.4, -0.2) is 42.4 Å². The summed E-state index contributed by atoms with van der Waals surface area (Å²) in [4.78, 5) is 35.1. The van der Waals surface area contributed by atoms with Crippen molar-refractivity contribution < 1.29 is 19.6 Å². The van der Waals surface area contributed by atoms with E-state index in [1.165, 1.54) is 6.07 Å². The number of anilines is 1. The monoisotopic (exact) mass is 484 g/mol. The third kappa shape index (κ3) is 5.90. The number of phenols is 1. The standard InChI is InChI=1S/C22H24N6O5S/c1-4-27-20(14(3)23-21(31)15-7-5-6-13(2)10-15)25-26-22(27)34-12-19(30)24-16-8-9-18(29)17(11-16)28(32)33/h5-11,14,29H,4,12H2,1-3H3,(H,23,31)(H,24,30)/t14-/m0/s1. The van der Waals surface area contributed by atoms with Crippen LogP contribution in [0.15, 0.2) is 47.6 Å². The van der Waals surface area contributed by atoms with E-state index in [2.05, 4.69) is 20.8 Å². The minimum atomic E-state index is -0.732. The predicted octanol–water partition coefficient (Wildman–Crippen LogP) is 3.44. The maximum atomic E-state index is 12.6. The molecular formula is C22H24N6O5S. The first-order chi connectivity index (χ1) is 16.2. The highest BCUT2D eigenvalue weighted by Crippen LogP contribution is 2.29. The highest BCUT2D eigenvalue weighted by Gasteiger charge is 2.21. The van der Waals surface area contributed by atoms with Gasteiger partial charge in [0.05, 0.1) is 16.7 Å². The van der Waals surface area contributed by atoms with Crippen LogP contribution in [0.25, 0.3) is 0 Å². The molecule has 0 radical (unpaired) electrons. The molecule has 2 aromatic carbocycles. The number of amides is 2. The van der Waals surface area contributed by atoms with Crippen LogP contribution in [0.4, 0.5) is 11.4 Å². The molecule has 34 heavy (non-hydrogen) atoms. The van der Waals surface area contributed by atoms with Gasteiger partial charge in [-0.3, -0.25) is 19.7 Å². The summed E-state index contributed by atoms with van der Waals surface area (Å²) in [7, 11) is 0. The zero-order valence-electron chi connectivity index (χ0n) is 18.8. The number of rotatable bonds is 9. The van der Waals surface area contributed by atoms with Crippen LogP contribution in [0.2, 0.25) is 0 Å². The van der Waals surface area contributed by atoms with Crippen molar-refractivity contribution >= 4 is 35.0 Å². The van der Waals surface area contributed by atoms with E-state index in [0.29, 0.717) is 23.1 Å². The summed E-state index contributed by atoms with van der Waals surface area (Å²) in [6.07, 6.45) is 0. The molecule has 0 spiro atoms. The Labute approximate surface area is 199 Å². The Hall–Kier alpha value is -3.93. The molecule has 1 atom stereocenters. The molecule has 11 nitrogen and oxygen atoms in total. The minimum absolute atomic E-state index is 0.0170.